The number of hydrogen-bond acceptors (Lipinski definition) is 2. The molecule has 1 heterocycles. The van der Waals surface area contributed by atoms with E-state index in [0.29, 0.717) is 17.1 Å². The highest BCUT2D eigenvalue weighted by Gasteiger charge is 2.15. The Morgan fingerprint density at radius 2 is 1.95 bits per heavy atom. The molecule has 2 aromatic rings. The maximum absolute atomic E-state index is 12.3. The minimum absolute atomic E-state index is 0.179. The third-order valence-corrected chi connectivity index (χ3v) is 3.82. The van der Waals surface area contributed by atoms with Crippen LogP contribution < -0.4 is 10.1 Å². The largest absolute Gasteiger partial charge is 0.495 e. The van der Waals surface area contributed by atoms with Crippen molar-refractivity contribution < 1.29 is 9.53 Å². The maximum Gasteiger partial charge on any atom is 0.272 e. The van der Waals surface area contributed by atoms with E-state index in [-0.39, 0.29) is 5.91 Å². The lowest BCUT2D eigenvalue weighted by Gasteiger charge is -2.14. The Hall–Kier alpha value is -1.27. The Labute approximate surface area is 134 Å². The summed E-state index contributed by atoms with van der Waals surface area (Å²) in [6, 6.07) is 5.53. The second-order valence-electron chi connectivity index (χ2n) is 4.41. The molecule has 106 valence electrons. The first-order valence-corrected chi connectivity index (χ1v) is 7.48. The molecule has 1 amide bonds. The van der Waals surface area contributed by atoms with Crippen molar-refractivity contribution in [2.24, 2.45) is 7.05 Å². The van der Waals surface area contributed by atoms with Crippen molar-refractivity contribution in [3.63, 3.8) is 0 Å². The van der Waals surface area contributed by atoms with Crippen LogP contribution in [0.5, 0.6) is 5.75 Å². The smallest absolute Gasteiger partial charge is 0.272 e. The monoisotopic (exact) mass is 400 g/mol. The first kappa shape index (κ1) is 15.1. The SMILES string of the molecule is COc1cc(Br)cc(C)c1NC(=O)c1cc(Br)cn1C. The number of hydrogen-bond donors (Lipinski definition) is 1. The summed E-state index contributed by atoms with van der Waals surface area (Å²) in [5.74, 6) is 0.445. The third-order valence-electron chi connectivity index (χ3n) is 2.93. The van der Waals surface area contributed by atoms with E-state index in [0.717, 1.165) is 14.5 Å². The number of ether oxygens (including phenoxy) is 1. The molecule has 0 aliphatic rings. The molecule has 0 aliphatic carbocycles. The van der Waals surface area contributed by atoms with Crippen LogP contribution in [0.15, 0.2) is 33.3 Å². The number of aryl methyl sites for hydroxylation is 2. The van der Waals surface area contributed by atoms with Crippen LogP contribution in [0, 0.1) is 6.92 Å². The van der Waals surface area contributed by atoms with Crippen molar-refractivity contribution in [1.29, 1.82) is 0 Å². The lowest BCUT2D eigenvalue weighted by atomic mass is 10.2. The summed E-state index contributed by atoms with van der Waals surface area (Å²) in [5.41, 5.74) is 2.18. The molecule has 0 saturated heterocycles. The number of benzene rings is 1. The third kappa shape index (κ3) is 3.07. The Balaban J connectivity index is 2.35. The Bertz CT molecular complexity index is 665. The highest BCUT2D eigenvalue weighted by molar-refractivity contribution is 9.10. The summed E-state index contributed by atoms with van der Waals surface area (Å²) in [6.45, 7) is 1.92. The average Bonchev–Trinajstić information content (AvgIpc) is 2.71. The van der Waals surface area contributed by atoms with Gasteiger partial charge in [-0.3, -0.25) is 4.79 Å². The molecule has 0 radical (unpaired) electrons. The number of nitrogens with one attached hydrogen (secondary N) is 1. The van der Waals surface area contributed by atoms with Crippen molar-refractivity contribution in [1.82, 2.24) is 4.57 Å². The number of carbonyl (C=O) groups excluding carboxylic acids is 1. The van der Waals surface area contributed by atoms with Crippen molar-refractivity contribution in [2.75, 3.05) is 12.4 Å². The van der Waals surface area contributed by atoms with Crippen LogP contribution in [-0.4, -0.2) is 17.6 Å². The van der Waals surface area contributed by atoms with E-state index >= 15 is 0 Å². The van der Waals surface area contributed by atoms with Crippen LogP contribution in [0.2, 0.25) is 0 Å². The quantitative estimate of drug-likeness (QED) is 0.840. The fourth-order valence-electron chi connectivity index (χ4n) is 1.96. The van der Waals surface area contributed by atoms with Gasteiger partial charge in [0.05, 0.1) is 12.8 Å². The maximum atomic E-state index is 12.3. The van der Waals surface area contributed by atoms with Crippen LogP contribution in [0.25, 0.3) is 0 Å². The molecule has 4 nitrogen and oxygen atoms in total. The van der Waals surface area contributed by atoms with Gasteiger partial charge in [-0.05, 0) is 46.6 Å². The Morgan fingerprint density at radius 1 is 1.25 bits per heavy atom. The Morgan fingerprint density at radius 3 is 2.50 bits per heavy atom. The highest BCUT2D eigenvalue weighted by atomic mass is 79.9. The normalized spacial score (nSPS) is 10.4. The van der Waals surface area contributed by atoms with E-state index in [4.69, 9.17) is 4.74 Å². The summed E-state index contributed by atoms with van der Waals surface area (Å²) < 4.78 is 8.86. The van der Waals surface area contributed by atoms with E-state index in [1.807, 2.05) is 32.3 Å². The van der Waals surface area contributed by atoms with Gasteiger partial charge in [-0.2, -0.15) is 0 Å². The number of rotatable bonds is 3. The van der Waals surface area contributed by atoms with Crippen LogP contribution in [0.1, 0.15) is 16.1 Å². The molecule has 0 spiro atoms. The summed E-state index contributed by atoms with van der Waals surface area (Å²) in [4.78, 5) is 12.3. The van der Waals surface area contributed by atoms with Gasteiger partial charge in [0.1, 0.15) is 11.4 Å². The zero-order valence-corrected chi connectivity index (χ0v) is 14.5. The van der Waals surface area contributed by atoms with Gasteiger partial charge in [0.15, 0.2) is 0 Å². The number of methoxy groups -OCH3 is 1. The molecule has 0 unspecified atom stereocenters. The molecule has 2 rings (SSSR count). The van der Waals surface area contributed by atoms with Gasteiger partial charge in [0, 0.05) is 22.2 Å². The van der Waals surface area contributed by atoms with Crippen molar-refractivity contribution in [2.45, 2.75) is 6.92 Å². The van der Waals surface area contributed by atoms with Crippen molar-refractivity contribution in [3.05, 3.63) is 44.6 Å². The summed E-state index contributed by atoms with van der Waals surface area (Å²) >= 11 is 6.77. The molecule has 6 heteroatoms. The standard InChI is InChI=1S/C14H14Br2N2O2/c1-8-4-9(15)6-12(20-3)13(8)17-14(19)11-5-10(16)7-18(11)2/h4-7H,1-3H3,(H,17,19). The van der Waals surface area contributed by atoms with Gasteiger partial charge >= 0.3 is 0 Å². The average molecular weight is 402 g/mol. The summed E-state index contributed by atoms with van der Waals surface area (Å²) in [7, 11) is 3.40. The fraction of sp³-hybridized carbons (Fsp3) is 0.214. The lowest BCUT2D eigenvalue weighted by molar-refractivity contribution is 0.101. The number of carbonyl (C=O) groups is 1. The van der Waals surface area contributed by atoms with Crippen LogP contribution in [0.3, 0.4) is 0 Å². The second-order valence-corrected chi connectivity index (χ2v) is 6.24. The highest BCUT2D eigenvalue weighted by Crippen LogP contribution is 2.32. The molecule has 0 bridgehead atoms. The molecular weight excluding hydrogens is 388 g/mol. The number of anilines is 1. The van der Waals surface area contributed by atoms with Crippen LogP contribution in [0.4, 0.5) is 5.69 Å². The van der Waals surface area contributed by atoms with E-state index in [2.05, 4.69) is 37.2 Å². The molecule has 20 heavy (non-hydrogen) atoms. The number of halogens is 2. The summed E-state index contributed by atoms with van der Waals surface area (Å²) in [6.07, 6.45) is 1.83. The van der Waals surface area contributed by atoms with Crippen molar-refractivity contribution >= 4 is 43.5 Å². The molecule has 1 aromatic heterocycles. The predicted octanol–water partition coefficient (Wildman–Crippen LogP) is 4.12. The lowest BCUT2D eigenvalue weighted by Crippen LogP contribution is -2.16. The topological polar surface area (TPSA) is 43.3 Å². The number of nitrogens with zero attached hydrogens (tertiary/aromatic N) is 1. The molecule has 0 saturated carbocycles. The number of aromatic nitrogens is 1. The predicted molar refractivity (Wildman–Crippen MR) is 86.5 cm³/mol. The molecule has 0 aliphatic heterocycles. The van der Waals surface area contributed by atoms with Gasteiger partial charge in [0.2, 0.25) is 0 Å². The first-order valence-electron chi connectivity index (χ1n) is 5.89. The van der Waals surface area contributed by atoms with Gasteiger partial charge in [-0.15, -0.1) is 0 Å². The first-order chi connectivity index (χ1) is 9.42. The molecule has 0 atom stereocenters. The molecule has 1 aromatic carbocycles. The number of amides is 1. The van der Waals surface area contributed by atoms with Gasteiger partial charge < -0.3 is 14.6 Å². The minimum Gasteiger partial charge on any atom is -0.495 e. The van der Waals surface area contributed by atoms with E-state index in [9.17, 15) is 4.79 Å². The zero-order chi connectivity index (χ0) is 14.9. The molecule has 1 N–H and O–H groups in total. The fourth-order valence-corrected chi connectivity index (χ4v) is 3.04. The van der Waals surface area contributed by atoms with Crippen molar-refractivity contribution in [3.8, 4) is 5.75 Å². The van der Waals surface area contributed by atoms with Gasteiger partial charge in [-0.1, -0.05) is 15.9 Å². The Kier molecular flexibility index (Phi) is 4.55. The van der Waals surface area contributed by atoms with Gasteiger partial charge in [-0.25, -0.2) is 0 Å². The van der Waals surface area contributed by atoms with Crippen LogP contribution in [-0.2, 0) is 7.05 Å². The molecular formula is C14H14Br2N2O2. The van der Waals surface area contributed by atoms with E-state index in [1.165, 1.54) is 0 Å². The van der Waals surface area contributed by atoms with E-state index in [1.54, 1.807) is 17.7 Å². The van der Waals surface area contributed by atoms with Crippen LogP contribution >= 0.6 is 31.9 Å². The van der Waals surface area contributed by atoms with E-state index < -0.39 is 0 Å². The summed E-state index contributed by atoms with van der Waals surface area (Å²) in [5, 5.41) is 2.90. The minimum atomic E-state index is -0.179. The molecule has 0 fully saturated rings. The van der Waals surface area contributed by atoms with Gasteiger partial charge in [0.25, 0.3) is 5.91 Å². The zero-order valence-electron chi connectivity index (χ0n) is 11.3. The second kappa shape index (κ2) is 6.01.